The molecule has 2 aliphatic rings. The predicted molar refractivity (Wildman–Crippen MR) is 54.9 cm³/mol. The first kappa shape index (κ1) is 7.19. The molecule has 0 aromatic heterocycles. The highest BCUT2D eigenvalue weighted by atomic mass is 15.4. The maximum atomic E-state index is 2.53. The average Bonchev–Trinajstić information content (AvgIpc) is 2.93. The number of fused-ring (bicyclic) bond motifs is 1. The Kier molecular flexibility index (Phi) is 1.45. The topological polar surface area (TPSA) is 3.01 Å². The lowest BCUT2D eigenvalue weighted by molar-refractivity contribution is 0.854. The van der Waals surface area contributed by atoms with Crippen LogP contribution in [-0.4, -0.2) is 12.1 Å². The van der Waals surface area contributed by atoms with Crippen LogP contribution in [0.1, 0.15) is 12.8 Å². The van der Waals surface area contributed by atoms with Crippen LogP contribution in [0, 0.1) is 0 Å². The van der Waals surface area contributed by atoms with E-state index in [1.807, 2.05) is 0 Å². The highest BCUT2D eigenvalue weighted by Crippen LogP contribution is 2.41. The predicted octanol–water partition coefficient (Wildman–Crippen LogP) is 2.59. The third kappa shape index (κ3) is 1.07. The minimum Gasteiger partial charge on any atom is -0.361 e. The number of para-hydroxylation sites is 1. The van der Waals surface area contributed by atoms with Gasteiger partial charge in [-0.15, -0.1) is 0 Å². The Balaban J connectivity index is 1.84. The van der Waals surface area contributed by atoms with Gasteiger partial charge in [-0.05, 0) is 25.0 Å². The van der Waals surface area contributed by atoms with Crippen LogP contribution in [0.3, 0.4) is 0 Å². The van der Waals surface area contributed by atoms with E-state index in [1.165, 1.54) is 18.5 Å². The van der Waals surface area contributed by atoms with Crippen LogP contribution < -0.4 is 4.90 Å². The number of hydrogen-bond acceptors (Lipinski definition) is 1. The van der Waals surface area contributed by atoms with E-state index in [0.717, 1.165) is 12.1 Å². The molecule has 2 atom stereocenters. The highest BCUT2D eigenvalue weighted by Gasteiger charge is 2.46. The van der Waals surface area contributed by atoms with Gasteiger partial charge in [0, 0.05) is 5.69 Å². The molecule has 0 bridgehead atoms. The molecule has 0 radical (unpaired) electrons. The van der Waals surface area contributed by atoms with Gasteiger partial charge in [0.05, 0.1) is 12.1 Å². The van der Waals surface area contributed by atoms with E-state index in [0.29, 0.717) is 0 Å². The van der Waals surface area contributed by atoms with Gasteiger partial charge in [0.1, 0.15) is 0 Å². The van der Waals surface area contributed by atoms with Crippen LogP contribution in [0.2, 0.25) is 0 Å². The molecule has 1 saturated heterocycles. The molecule has 1 aliphatic heterocycles. The number of hydrogen-bond donors (Lipinski definition) is 0. The minimum atomic E-state index is 0.799. The third-order valence-electron chi connectivity index (χ3n) is 3.05. The van der Waals surface area contributed by atoms with Crippen molar-refractivity contribution in [1.82, 2.24) is 0 Å². The van der Waals surface area contributed by atoms with Crippen molar-refractivity contribution in [3.63, 3.8) is 0 Å². The quantitative estimate of drug-likeness (QED) is 0.463. The fourth-order valence-corrected chi connectivity index (χ4v) is 2.33. The molecule has 1 fully saturated rings. The average molecular weight is 171 g/mol. The van der Waals surface area contributed by atoms with E-state index in [9.17, 15) is 0 Å². The Labute approximate surface area is 78.7 Å². The number of nitrogens with zero attached hydrogens (tertiary/aromatic N) is 1. The molecule has 1 aromatic carbocycles. The molecule has 13 heavy (non-hydrogen) atoms. The highest BCUT2D eigenvalue weighted by molar-refractivity contribution is 5.57. The van der Waals surface area contributed by atoms with Crippen molar-refractivity contribution in [3.05, 3.63) is 42.5 Å². The molecule has 3 rings (SSSR count). The summed E-state index contributed by atoms with van der Waals surface area (Å²) in [6.45, 7) is 0. The largest absolute Gasteiger partial charge is 0.361 e. The third-order valence-corrected chi connectivity index (χ3v) is 3.05. The number of anilines is 1. The second-order valence-corrected chi connectivity index (χ2v) is 3.82. The fraction of sp³-hybridized carbons (Fsp3) is 0.333. The summed E-state index contributed by atoms with van der Waals surface area (Å²) in [5, 5.41) is 0. The molecule has 1 aromatic rings. The van der Waals surface area contributed by atoms with Crippen molar-refractivity contribution < 1.29 is 0 Å². The molecule has 0 saturated carbocycles. The van der Waals surface area contributed by atoms with E-state index in [1.54, 1.807) is 0 Å². The lowest BCUT2D eigenvalue weighted by atomic mass is 10.1. The van der Waals surface area contributed by atoms with E-state index in [2.05, 4.69) is 47.4 Å². The van der Waals surface area contributed by atoms with Crippen LogP contribution in [-0.2, 0) is 0 Å². The monoisotopic (exact) mass is 171 g/mol. The molecule has 0 spiro atoms. The zero-order chi connectivity index (χ0) is 8.67. The SMILES string of the molecule is C1=CCC2C(C1)N2c1ccccc1. The molecule has 1 aliphatic carbocycles. The van der Waals surface area contributed by atoms with Crippen molar-refractivity contribution in [3.8, 4) is 0 Å². The van der Waals surface area contributed by atoms with Gasteiger partial charge in [0.25, 0.3) is 0 Å². The number of rotatable bonds is 1. The molecular formula is C12H13N. The Bertz CT molecular complexity index is 314. The lowest BCUT2D eigenvalue weighted by Gasteiger charge is -2.03. The second kappa shape index (κ2) is 2.63. The summed E-state index contributed by atoms with van der Waals surface area (Å²) in [6.07, 6.45) is 7.09. The molecule has 0 N–H and O–H groups in total. The summed E-state index contributed by atoms with van der Waals surface area (Å²) in [7, 11) is 0. The Morgan fingerprint density at radius 2 is 1.54 bits per heavy atom. The smallest absolute Gasteiger partial charge is 0.0535 e. The molecule has 1 heterocycles. The molecule has 2 unspecified atom stereocenters. The van der Waals surface area contributed by atoms with Crippen LogP contribution in [0.25, 0.3) is 0 Å². The van der Waals surface area contributed by atoms with Gasteiger partial charge in [0.2, 0.25) is 0 Å². The van der Waals surface area contributed by atoms with Crippen LogP contribution in [0.15, 0.2) is 42.5 Å². The van der Waals surface area contributed by atoms with Gasteiger partial charge >= 0.3 is 0 Å². The molecule has 1 nitrogen and oxygen atoms in total. The van der Waals surface area contributed by atoms with E-state index < -0.39 is 0 Å². The number of benzene rings is 1. The Morgan fingerprint density at radius 1 is 0.923 bits per heavy atom. The van der Waals surface area contributed by atoms with Crippen molar-refractivity contribution in [2.75, 3.05) is 4.90 Å². The maximum absolute atomic E-state index is 2.53. The van der Waals surface area contributed by atoms with Crippen LogP contribution in [0.5, 0.6) is 0 Å². The fourth-order valence-electron chi connectivity index (χ4n) is 2.33. The normalized spacial score (nSPS) is 30.0. The van der Waals surface area contributed by atoms with Crippen molar-refractivity contribution in [2.45, 2.75) is 24.9 Å². The molecule has 1 heteroatoms. The van der Waals surface area contributed by atoms with Crippen molar-refractivity contribution in [1.29, 1.82) is 0 Å². The standard InChI is InChI=1S/C12H13N/c1-2-6-10(7-3-1)13-11-8-4-5-9-12(11)13/h1-7,11-12H,8-9H2. The summed E-state index contributed by atoms with van der Waals surface area (Å²) in [6, 6.07) is 12.3. The van der Waals surface area contributed by atoms with E-state index in [-0.39, 0.29) is 0 Å². The summed E-state index contributed by atoms with van der Waals surface area (Å²) >= 11 is 0. The molecule has 0 amide bonds. The zero-order valence-corrected chi connectivity index (χ0v) is 7.56. The van der Waals surface area contributed by atoms with Gasteiger partial charge < -0.3 is 4.90 Å². The van der Waals surface area contributed by atoms with Gasteiger partial charge in [-0.2, -0.15) is 0 Å². The lowest BCUT2D eigenvalue weighted by Crippen LogP contribution is -1.97. The van der Waals surface area contributed by atoms with Gasteiger partial charge in [-0.1, -0.05) is 30.4 Å². The Hall–Kier alpha value is -1.24. The summed E-state index contributed by atoms with van der Waals surface area (Å²) < 4.78 is 0. The summed E-state index contributed by atoms with van der Waals surface area (Å²) in [4.78, 5) is 2.53. The molecular weight excluding hydrogens is 158 g/mol. The van der Waals surface area contributed by atoms with Gasteiger partial charge in [-0.3, -0.25) is 0 Å². The first-order valence-electron chi connectivity index (χ1n) is 4.95. The van der Waals surface area contributed by atoms with Crippen LogP contribution in [0.4, 0.5) is 5.69 Å². The van der Waals surface area contributed by atoms with Crippen molar-refractivity contribution in [2.24, 2.45) is 0 Å². The van der Waals surface area contributed by atoms with E-state index in [4.69, 9.17) is 0 Å². The first-order chi connectivity index (χ1) is 6.47. The zero-order valence-electron chi connectivity index (χ0n) is 7.56. The van der Waals surface area contributed by atoms with Gasteiger partial charge in [-0.25, -0.2) is 0 Å². The van der Waals surface area contributed by atoms with E-state index >= 15 is 0 Å². The Morgan fingerprint density at radius 3 is 2.15 bits per heavy atom. The second-order valence-electron chi connectivity index (χ2n) is 3.82. The van der Waals surface area contributed by atoms with Gasteiger partial charge in [0.15, 0.2) is 0 Å². The summed E-state index contributed by atoms with van der Waals surface area (Å²) in [5.74, 6) is 0. The van der Waals surface area contributed by atoms with Crippen molar-refractivity contribution >= 4 is 5.69 Å². The van der Waals surface area contributed by atoms with Crippen LogP contribution >= 0.6 is 0 Å². The first-order valence-corrected chi connectivity index (χ1v) is 4.95. The minimum absolute atomic E-state index is 0.799. The maximum Gasteiger partial charge on any atom is 0.0535 e. The summed E-state index contributed by atoms with van der Waals surface area (Å²) in [5.41, 5.74) is 1.39. The molecule has 66 valence electrons.